The SMILES string of the molecule is CC[C@H](C(=O)N[C@@H](C)CC)N(Cc1ccccc1)C(=O)CN(c1ccc(C)c(Cl)c1)S(=O)(=O)c1ccc(C)cc1. The molecule has 2 amide bonds. The summed E-state index contributed by atoms with van der Waals surface area (Å²) in [6.45, 7) is 9.05. The van der Waals surface area contributed by atoms with Crippen LogP contribution in [0.3, 0.4) is 0 Å². The Hall–Kier alpha value is -3.36. The Balaban J connectivity index is 2.07. The van der Waals surface area contributed by atoms with Crippen molar-refractivity contribution >= 4 is 39.1 Å². The van der Waals surface area contributed by atoms with Crippen LogP contribution in [0.4, 0.5) is 5.69 Å². The fourth-order valence-electron chi connectivity index (χ4n) is 4.24. The molecule has 3 rings (SSSR count). The van der Waals surface area contributed by atoms with Crippen LogP contribution in [0, 0.1) is 13.8 Å². The summed E-state index contributed by atoms with van der Waals surface area (Å²) < 4.78 is 29.0. The van der Waals surface area contributed by atoms with Crippen molar-refractivity contribution in [2.75, 3.05) is 10.8 Å². The highest BCUT2D eigenvalue weighted by Crippen LogP contribution is 2.29. The first kappa shape index (κ1) is 31.2. The second kappa shape index (κ2) is 13.8. The number of anilines is 1. The predicted octanol–water partition coefficient (Wildman–Crippen LogP) is 5.87. The number of nitrogens with one attached hydrogen (secondary N) is 1. The number of rotatable bonds is 12. The Morgan fingerprint density at radius 3 is 2.15 bits per heavy atom. The summed E-state index contributed by atoms with van der Waals surface area (Å²) in [6, 6.07) is 19.9. The van der Waals surface area contributed by atoms with E-state index in [1.54, 1.807) is 30.3 Å². The summed E-state index contributed by atoms with van der Waals surface area (Å²) in [6.07, 6.45) is 1.10. The van der Waals surface area contributed by atoms with Gasteiger partial charge >= 0.3 is 0 Å². The molecule has 1 N–H and O–H groups in total. The minimum atomic E-state index is -4.15. The zero-order valence-corrected chi connectivity index (χ0v) is 25.3. The highest BCUT2D eigenvalue weighted by atomic mass is 35.5. The Kier molecular flexibility index (Phi) is 10.8. The maximum atomic E-state index is 14.1. The van der Waals surface area contributed by atoms with Crippen molar-refractivity contribution in [2.45, 2.75) is 71.0 Å². The lowest BCUT2D eigenvalue weighted by Gasteiger charge is -2.33. The molecule has 0 spiro atoms. The van der Waals surface area contributed by atoms with Crippen LogP contribution in [0.1, 0.15) is 50.3 Å². The minimum Gasteiger partial charge on any atom is -0.352 e. The van der Waals surface area contributed by atoms with E-state index in [2.05, 4.69) is 5.32 Å². The number of carbonyl (C=O) groups is 2. The van der Waals surface area contributed by atoms with Crippen LogP contribution in [0.15, 0.2) is 77.7 Å². The summed E-state index contributed by atoms with van der Waals surface area (Å²) >= 11 is 6.39. The summed E-state index contributed by atoms with van der Waals surface area (Å²) in [5.74, 6) is -0.769. The van der Waals surface area contributed by atoms with Crippen molar-refractivity contribution in [3.63, 3.8) is 0 Å². The lowest BCUT2D eigenvalue weighted by Crippen LogP contribution is -2.53. The maximum absolute atomic E-state index is 14.1. The van der Waals surface area contributed by atoms with Crippen LogP contribution in [0.25, 0.3) is 0 Å². The second-order valence-corrected chi connectivity index (χ2v) is 12.3. The quantitative estimate of drug-likeness (QED) is 0.289. The Morgan fingerprint density at radius 1 is 0.925 bits per heavy atom. The van der Waals surface area contributed by atoms with Gasteiger partial charge in [-0.3, -0.25) is 13.9 Å². The average Bonchev–Trinajstić information content (AvgIpc) is 2.93. The van der Waals surface area contributed by atoms with Crippen LogP contribution in [0.5, 0.6) is 0 Å². The third kappa shape index (κ3) is 7.64. The van der Waals surface area contributed by atoms with E-state index in [0.29, 0.717) is 11.4 Å². The van der Waals surface area contributed by atoms with Crippen molar-refractivity contribution in [3.8, 4) is 0 Å². The van der Waals surface area contributed by atoms with Crippen molar-refractivity contribution in [2.24, 2.45) is 0 Å². The van der Waals surface area contributed by atoms with E-state index in [-0.39, 0.29) is 29.1 Å². The number of hydrogen-bond acceptors (Lipinski definition) is 4. The van der Waals surface area contributed by atoms with Gasteiger partial charge in [-0.2, -0.15) is 0 Å². The predicted molar refractivity (Wildman–Crippen MR) is 161 cm³/mol. The van der Waals surface area contributed by atoms with E-state index in [1.807, 2.05) is 65.0 Å². The smallest absolute Gasteiger partial charge is 0.264 e. The summed E-state index contributed by atoms with van der Waals surface area (Å²) in [5.41, 5.74) is 2.79. The van der Waals surface area contributed by atoms with Crippen LogP contribution in [-0.4, -0.2) is 43.8 Å². The molecule has 0 fully saturated rings. The molecule has 3 aromatic rings. The van der Waals surface area contributed by atoms with Gasteiger partial charge in [0.25, 0.3) is 10.0 Å². The molecular weight excluding hydrogens is 546 g/mol. The van der Waals surface area contributed by atoms with E-state index in [1.165, 1.54) is 17.0 Å². The van der Waals surface area contributed by atoms with Gasteiger partial charge in [0.05, 0.1) is 10.6 Å². The minimum absolute atomic E-state index is 0.0544. The fourth-order valence-corrected chi connectivity index (χ4v) is 5.82. The van der Waals surface area contributed by atoms with Crippen LogP contribution >= 0.6 is 11.6 Å². The number of hydrogen-bond donors (Lipinski definition) is 1. The van der Waals surface area contributed by atoms with Crippen molar-refractivity contribution in [1.82, 2.24) is 10.2 Å². The van der Waals surface area contributed by atoms with Crippen molar-refractivity contribution < 1.29 is 18.0 Å². The number of carbonyl (C=O) groups excluding carboxylic acids is 2. The van der Waals surface area contributed by atoms with Crippen molar-refractivity contribution in [3.05, 3.63) is 94.5 Å². The van der Waals surface area contributed by atoms with Crippen LogP contribution in [-0.2, 0) is 26.2 Å². The standard InChI is InChI=1S/C31H38ClN3O4S/c1-6-24(5)33-31(37)29(7-2)34(20-25-11-9-8-10-12-25)30(36)21-35(26-16-15-23(4)28(32)19-26)40(38,39)27-17-13-22(3)14-18-27/h8-19,24,29H,6-7,20-21H2,1-5H3,(H,33,37)/t24-,29+/m0/s1. The Bertz CT molecular complexity index is 1410. The number of amides is 2. The molecule has 0 heterocycles. The van der Waals surface area contributed by atoms with E-state index < -0.39 is 28.5 Å². The molecular formula is C31H38ClN3O4S. The molecule has 9 heteroatoms. The lowest BCUT2D eigenvalue weighted by atomic mass is 10.1. The first-order valence-corrected chi connectivity index (χ1v) is 15.3. The molecule has 0 saturated heterocycles. The third-order valence-corrected chi connectivity index (χ3v) is 9.11. The molecule has 7 nitrogen and oxygen atoms in total. The molecule has 3 aromatic carbocycles. The van der Waals surface area contributed by atoms with Gasteiger partial charge in [-0.1, -0.05) is 79.5 Å². The molecule has 0 unspecified atom stereocenters. The first-order chi connectivity index (χ1) is 19.0. The summed E-state index contributed by atoms with van der Waals surface area (Å²) in [7, 11) is -4.15. The van der Waals surface area contributed by atoms with Gasteiger partial charge in [0, 0.05) is 17.6 Å². The van der Waals surface area contributed by atoms with Gasteiger partial charge < -0.3 is 10.2 Å². The van der Waals surface area contributed by atoms with Gasteiger partial charge in [-0.15, -0.1) is 0 Å². The zero-order valence-electron chi connectivity index (χ0n) is 23.7. The molecule has 0 aromatic heterocycles. The summed E-state index contributed by atoms with van der Waals surface area (Å²) in [4.78, 5) is 28.9. The van der Waals surface area contributed by atoms with Crippen LogP contribution in [0.2, 0.25) is 5.02 Å². The van der Waals surface area contributed by atoms with Crippen LogP contribution < -0.4 is 9.62 Å². The van der Waals surface area contributed by atoms with Gasteiger partial charge in [0.1, 0.15) is 12.6 Å². The largest absolute Gasteiger partial charge is 0.352 e. The lowest BCUT2D eigenvalue weighted by molar-refractivity contribution is -0.140. The number of halogens is 1. The van der Waals surface area contributed by atoms with Gasteiger partial charge in [-0.25, -0.2) is 8.42 Å². The maximum Gasteiger partial charge on any atom is 0.264 e. The van der Waals surface area contributed by atoms with Gasteiger partial charge in [-0.05, 0) is 69.0 Å². The van der Waals surface area contributed by atoms with Crippen molar-refractivity contribution in [1.29, 1.82) is 0 Å². The number of benzene rings is 3. The number of nitrogens with zero attached hydrogens (tertiary/aromatic N) is 2. The molecule has 0 aliphatic heterocycles. The number of aryl methyl sites for hydroxylation is 2. The topological polar surface area (TPSA) is 86.8 Å². The molecule has 0 saturated carbocycles. The molecule has 2 atom stereocenters. The van der Waals surface area contributed by atoms with E-state index in [0.717, 1.165) is 27.4 Å². The Labute approximate surface area is 243 Å². The summed E-state index contributed by atoms with van der Waals surface area (Å²) in [5, 5.41) is 3.36. The third-order valence-electron chi connectivity index (χ3n) is 6.91. The molecule has 0 aliphatic rings. The van der Waals surface area contributed by atoms with E-state index in [9.17, 15) is 18.0 Å². The molecule has 214 valence electrons. The molecule has 0 bridgehead atoms. The molecule has 0 aliphatic carbocycles. The number of sulfonamides is 1. The van der Waals surface area contributed by atoms with Gasteiger partial charge in [0.2, 0.25) is 11.8 Å². The average molecular weight is 584 g/mol. The monoisotopic (exact) mass is 583 g/mol. The molecule has 0 radical (unpaired) electrons. The van der Waals surface area contributed by atoms with Gasteiger partial charge in [0.15, 0.2) is 0 Å². The molecule has 40 heavy (non-hydrogen) atoms. The highest BCUT2D eigenvalue weighted by Gasteiger charge is 2.34. The van der Waals surface area contributed by atoms with E-state index >= 15 is 0 Å². The highest BCUT2D eigenvalue weighted by molar-refractivity contribution is 7.92. The second-order valence-electron chi connectivity index (χ2n) is 10.0. The Morgan fingerprint density at radius 2 is 1.57 bits per heavy atom. The normalized spacial score (nSPS) is 12.8. The fraction of sp³-hybridized carbons (Fsp3) is 0.355. The zero-order chi connectivity index (χ0) is 29.4. The van der Waals surface area contributed by atoms with E-state index in [4.69, 9.17) is 11.6 Å². The first-order valence-electron chi connectivity index (χ1n) is 13.5.